The first-order valence-corrected chi connectivity index (χ1v) is 8.48. The van der Waals surface area contributed by atoms with Gasteiger partial charge in [0, 0.05) is 12.6 Å². The molecule has 0 heterocycles. The lowest BCUT2D eigenvalue weighted by Crippen LogP contribution is -2.27. The molecule has 0 amide bonds. The topological polar surface area (TPSA) is 58.2 Å². The third kappa shape index (κ3) is 20.1. The monoisotopic (exact) mass is 339 g/mol. The van der Waals surface area contributed by atoms with Crippen LogP contribution < -0.4 is 5.32 Å². The van der Waals surface area contributed by atoms with Crippen LogP contribution in [0.15, 0.2) is 0 Å². The quantitative estimate of drug-likeness (QED) is 0.237. The fourth-order valence-electron chi connectivity index (χ4n) is 1.46. The number of ether oxygens (including phenoxy) is 5. The molecule has 7 heteroatoms. The van der Waals surface area contributed by atoms with Gasteiger partial charge in [0.25, 0.3) is 0 Å². The van der Waals surface area contributed by atoms with E-state index in [-0.39, 0.29) is 5.44 Å². The van der Waals surface area contributed by atoms with Crippen molar-refractivity contribution < 1.29 is 23.7 Å². The van der Waals surface area contributed by atoms with Crippen LogP contribution in [0.3, 0.4) is 0 Å². The molecule has 0 fully saturated rings. The molecule has 22 heavy (non-hydrogen) atoms. The summed E-state index contributed by atoms with van der Waals surface area (Å²) in [6, 6.07) is 0.500. The Morgan fingerprint density at radius 3 is 1.50 bits per heavy atom. The summed E-state index contributed by atoms with van der Waals surface area (Å²) in [7, 11) is 0. The number of hydrogen-bond donors (Lipinski definition) is 2. The lowest BCUT2D eigenvalue weighted by molar-refractivity contribution is -0.0117. The second-order valence-corrected chi connectivity index (χ2v) is 5.76. The minimum Gasteiger partial charge on any atom is -0.378 e. The van der Waals surface area contributed by atoms with Gasteiger partial charge in [0.15, 0.2) is 0 Å². The second-order valence-electron chi connectivity index (χ2n) is 5.03. The Morgan fingerprint density at radius 1 is 0.682 bits per heavy atom. The van der Waals surface area contributed by atoms with Crippen molar-refractivity contribution in [3.8, 4) is 0 Å². The highest BCUT2D eigenvalue weighted by Crippen LogP contribution is 1.93. The van der Waals surface area contributed by atoms with Gasteiger partial charge in [-0.05, 0) is 6.92 Å². The predicted molar refractivity (Wildman–Crippen MR) is 90.8 cm³/mol. The van der Waals surface area contributed by atoms with Crippen molar-refractivity contribution in [2.75, 3.05) is 66.0 Å². The summed E-state index contributed by atoms with van der Waals surface area (Å²) in [4.78, 5) is 0. The highest BCUT2D eigenvalue weighted by Gasteiger charge is 1.95. The van der Waals surface area contributed by atoms with E-state index in [2.05, 4.69) is 31.8 Å². The first-order valence-electron chi connectivity index (χ1n) is 7.97. The van der Waals surface area contributed by atoms with E-state index in [9.17, 15) is 0 Å². The molecular weight excluding hydrogens is 306 g/mol. The van der Waals surface area contributed by atoms with Gasteiger partial charge in [0.2, 0.25) is 0 Å². The molecule has 0 radical (unpaired) electrons. The van der Waals surface area contributed by atoms with Crippen LogP contribution in [0.25, 0.3) is 0 Å². The normalized spacial score (nSPS) is 13.0. The molecular formula is C15H33NO5S. The summed E-state index contributed by atoms with van der Waals surface area (Å²) in [5, 5.41) is 3.29. The molecule has 6 nitrogen and oxygen atoms in total. The van der Waals surface area contributed by atoms with Gasteiger partial charge in [-0.25, -0.2) is 0 Å². The van der Waals surface area contributed by atoms with Gasteiger partial charge in [-0.1, -0.05) is 13.8 Å². The molecule has 0 bridgehead atoms. The van der Waals surface area contributed by atoms with Gasteiger partial charge in [0.1, 0.15) is 0 Å². The summed E-state index contributed by atoms with van der Waals surface area (Å²) < 4.78 is 26.7. The Balaban J connectivity index is 2.97. The van der Waals surface area contributed by atoms with Crippen LogP contribution >= 0.6 is 12.6 Å². The number of thiol groups is 1. The minimum absolute atomic E-state index is 0.0487. The molecule has 0 saturated carbocycles. The summed E-state index contributed by atoms with van der Waals surface area (Å²) in [5.41, 5.74) is -0.0487. The molecule has 1 atom stereocenters. The Labute approximate surface area is 140 Å². The third-order valence-electron chi connectivity index (χ3n) is 2.50. The van der Waals surface area contributed by atoms with Gasteiger partial charge in [-0.2, -0.15) is 0 Å². The first-order chi connectivity index (χ1) is 10.6. The maximum Gasteiger partial charge on any atom is 0.0972 e. The molecule has 0 aliphatic rings. The zero-order valence-corrected chi connectivity index (χ0v) is 15.1. The number of nitrogens with one attached hydrogen (secondary N) is 1. The van der Waals surface area contributed by atoms with Crippen molar-refractivity contribution in [1.29, 1.82) is 0 Å². The minimum atomic E-state index is -0.0487. The van der Waals surface area contributed by atoms with Crippen LogP contribution in [0.4, 0.5) is 0 Å². The van der Waals surface area contributed by atoms with E-state index in [4.69, 9.17) is 23.7 Å². The van der Waals surface area contributed by atoms with Crippen molar-refractivity contribution in [2.45, 2.75) is 32.2 Å². The second kappa shape index (κ2) is 17.5. The third-order valence-corrected chi connectivity index (χ3v) is 2.65. The van der Waals surface area contributed by atoms with Gasteiger partial charge in [-0.15, -0.1) is 12.6 Å². The molecule has 134 valence electrons. The smallest absolute Gasteiger partial charge is 0.0972 e. The van der Waals surface area contributed by atoms with Crippen molar-refractivity contribution in [2.24, 2.45) is 0 Å². The Kier molecular flexibility index (Phi) is 17.6. The highest BCUT2D eigenvalue weighted by molar-refractivity contribution is 7.80. The van der Waals surface area contributed by atoms with Gasteiger partial charge in [0.05, 0.1) is 64.9 Å². The van der Waals surface area contributed by atoms with Gasteiger partial charge < -0.3 is 29.0 Å². The maximum atomic E-state index is 5.42. The molecule has 0 spiro atoms. The fraction of sp³-hybridized carbons (Fsp3) is 1.00. The van der Waals surface area contributed by atoms with E-state index in [1.54, 1.807) is 0 Å². The predicted octanol–water partition coefficient (Wildman–Crippen LogP) is 1.34. The number of rotatable bonds is 17. The van der Waals surface area contributed by atoms with E-state index >= 15 is 0 Å². The Bertz CT molecular complexity index is 198. The summed E-state index contributed by atoms with van der Waals surface area (Å²) in [5.74, 6) is 0. The molecule has 1 N–H and O–H groups in total. The zero-order chi connectivity index (χ0) is 16.5. The largest absolute Gasteiger partial charge is 0.378 e. The molecule has 0 aliphatic carbocycles. The average Bonchev–Trinajstić information content (AvgIpc) is 2.46. The van der Waals surface area contributed by atoms with Crippen molar-refractivity contribution in [1.82, 2.24) is 5.32 Å². The van der Waals surface area contributed by atoms with E-state index < -0.39 is 0 Å². The molecule has 0 aromatic rings. The molecule has 0 aromatic heterocycles. The van der Waals surface area contributed by atoms with Crippen LogP contribution in [-0.2, 0) is 23.7 Å². The first kappa shape index (κ1) is 22.1. The van der Waals surface area contributed by atoms with Crippen molar-refractivity contribution in [3.05, 3.63) is 0 Å². The SMILES string of the molecule is CC(C)NCCOCCOCCOCCOCCOC(C)S. The van der Waals surface area contributed by atoms with Crippen molar-refractivity contribution in [3.63, 3.8) is 0 Å². The fourth-order valence-corrected chi connectivity index (χ4v) is 1.56. The van der Waals surface area contributed by atoms with Crippen molar-refractivity contribution >= 4 is 12.6 Å². The molecule has 0 rings (SSSR count). The van der Waals surface area contributed by atoms with E-state index in [0.29, 0.717) is 65.5 Å². The molecule has 0 aliphatic heterocycles. The Morgan fingerprint density at radius 2 is 1.09 bits per heavy atom. The summed E-state index contributed by atoms with van der Waals surface area (Å²) >= 11 is 4.10. The lowest BCUT2D eigenvalue weighted by Gasteiger charge is -2.09. The van der Waals surface area contributed by atoms with Crippen LogP contribution in [0.1, 0.15) is 20.8 Å². The van der Waals surface area contributed by atoms with Crippen LogP contribution in [0.5, 0.6) is 0 Å². The van der Waals surface area contributed by atoms with E-state index in [0.717, 1.165) is 6.54 Å². The molecule has 1 unspecified atom stereocenters. The zero-order valence-electron chi connectivity index (χ0n) is 14.2. The maximum absolute atomic E-state index is 5.42. The van der Waals surface area contributed by atoms with Crippen LogP contribution in [0, 0.1) is 0 Å². The summed E-state index contributed by atoms with van der Waals surface area (Å²) in [6.07, 6.45) is 0. The Hall–Kier alpha value is 0.110. The number of hydrogen-bond acceptors (Lipinski definition) is 7. The molecule has 0 aromatic carbocycles. The standard InChI is InChI=1S/C15H33NO5S/c1-14(2)16-4-5-17-6-7-18-8-9-19-10-11-20-12-13-21-15(3)22/h14-16,22H,4-13H2,1-3H3. The van der Waals surface area contributed by atoms with Crippen LogP contribution in [0.2, 0.25) is 0 Å². The van der Waals surface area contributed by atoms with E-state index in [1.165, 1.54) is 0 Å². The van der Waals surface area contributed by atoms with Gasteiger partial charge >= 0.3 is 0 Å². The van der Waals surface area contributed by atoms with Crippen LogP contribution in [-0.4, -0.2) is 77.5 Å². The molecule has 0 saturated heterocycles. The lowest BCUT2D eigenvalue weighted by atomic mass is 10.4. The van der Waals surface area contributed by atoms with E-state index in [1.807, 2.05) is 6.92 Å². The highest BCUT2D eigenvalue weighted by atomic mass is 32.1. The summed E-state index contributed by atoms with van der Waals surface area (Å²) in [6.45, 7) is 12.3. The van der Waals surface area contributed by atoms with Gasteiger partial charge in [-0.3, -0.25) is 0 Å². The average molecular weight is 339 g/mol.